The molecule has 0 aliphatic carbocycles. The molecule has 0 aromatic heterocycles. The fourth-order valence-electron chi connectivity index (χ4n) is 2.76. The molecule has 0 aromatic rings. The Kier molecular flexibility index (Phi) is 10.3. The zero-order chi connectivity index (χ0) is 17.8. The van der Waals surface area contributed by atoms with Crippen molar-refractivity contribution in [2.24, 2.45) is 10.9 Å². The molecule has 0 radical (unpaired) electrons. The van der Waals surface area contributed by atoms with Crippen LogP contribution in [0.25, 0.3) is 0 Å². The Hall–Kier alpha value is -0.820. The lowest BCUT2D eigenvalue weighted by Crippen LogP contribution is -2.46. The molecule has 7 heteroatoms. The summed E-state index contributed by atoms with van der Waals surface area (Å²) in [6, 6.07) is 0. The average Bonchev–Trinajstić information content (AvgIpc) is 2.53. The highest BCUT2D eigenvalue weighted by Gasteiger charge is 2.20. The number of hydrogen-bond acceptors (Lipinski definition) is 4. The molecule has 0 atom stereocenters. The van der Waals surface area contributed by atoms with Crippen LogP contribution in [0, 0.1) is 5.92 Å². The second-order valence-corrected chi connectivity index (χ2v) is 9.32. The van der Waals surface area contributed by atoms with Crippen LogP contribution in [0.5, 0.6) is 0 Å². The van der Waals surface area contributed by atoms with Crippen molar-refractivity contribution in [2.45, 2.75) is 46.0 Å². The molecule has 0 unspecified atom stereocenters. The van der Waals surface area contributed by atoms with Gasteiger partial charge < -0.3 is 10.6 Å². The normalized spacial score (nSPS) is 18.8. The van der Waals surface area contributed by atoms with Crippen LogP contribution in [0.15, 0.2) is 4.99 Å². The summed E-state index contributed by atoms with van der Waals surface area (Å²) < 4.78 is 22.8. The Morgan fingerprint density at radius 3 is 2.29 bits per heavy atom. The minimum atomic E-state index is -2.79. The van der Waals surface area contributed by atoms with E-state index in [1.165, 1.54) is 32.1 Å². The van der Waals surface area contributed by atoms with Crippen LogP contribution in [-0.2, 0) is 9.84 Å². The first-order valence-corrected chi connectivity index (χ1v) is 11.1. The minimum Gasteiger partial charge on any atom is -0.356 e. The van der Waals surface area contributed by atoms with Crippen molar-refractivity contribution in [3.05, 3.63) is 0 Å². The van der Waals surface area contributed by atoms with Gasteiger partial charge in [0.25, 0.3) is 0 Å². The molecule has 0 saturated carbocycles. The lowest BCUT2D eigenvalue weighted by atomic mass is 10.0. The maximum absolute atomic E-state index is 11.4. The van der Waals surface area contributed by atoms with Gasteiger partial charge in [-0.15, -0.1) is 0 Å². The third kappa shape index (κ3) is 10.1. The fraction of sp³-hybridized carbons (Fsp3) is 0.941. The molecule has 24 heavy (non-hydrogen) atoms. The van der Waals surface area contributed by atoms with E-state index in [9.17, 15) is 8.42 Å². The molecule has 2 N–H and O–H groups in total. The molecule has 1 aliphatic rings. The van der Waals surface area contributed by atoms with E-state index in [0.29, 0.717) is 13.1 Å². The number of unbranched alkanes of at least 4 members (excludes halogenated alkanes) is 3. The van der Waals surface area contributed by atoms with Gasteiger partial charge >= 0.3 is 0 Å². The van der Waals surface area contributed by atoms with E-state index in [1.807, 2.05) is 0 Å². The van der Waals surface area contributed by atoms with E-state index in [2.05, 4.69) is 34.4 Å². The third-order valence-electron chi connectivity index (χ3n) is 4.38. The maximum atomic E-state index is 11.4. The van der Waals surface area contributed by atoms with Crippen molar-refractivity contribution in [1.29, 1.82) is 0 Å². The van der Waals surface area contributed by atoms with Gasteiger partial charge in [-0.1, -0.05) is 39.5 Å². The number of sulfone groups is 1. The largest absolute Gasteiger partial charge is 0.356 e. The minimum absolute atomic E-state index is 0.288. The summed E-state index contributed by atoms with van der Waals surface area (Å²) in [6.45, 7) is 8.43. The van der Waals surface area contributed by atoms with E-state index >= 15 is 0 Å². The van der Waals surface area contributed by atoms with Gasteiger partial charge in [0.05, 0.1) is 11.5 Å². The van der Waals surface area contributed by atoms with Gasteiger partial charge in [0.1, 0.15) is 0 Å². The van der Waals surface area contributed by atoms with E-state index in [1.54, 1.807) is 7.05 Å². The zero-order valence-corrected chi connectivity index (χ0v) is 16.5. The number of aliphatic imine (C=N–C) groups is 1. The lowest BCUT2D eigenvalue weighted by molar-refractivity contribution is 0.299. The van der Waals surface area contributed by atoms with Gasteiger partial charge in [-0.3, -0.25) is 9.89 Å². The molecule has 1 fully saturated rings. The summed E-state index contributed by atoms with van der Waals surface area (Å²) in [5.74, 6) is 2.22. The Morgan fingerprint density at radius 2 is 1.67 bits per heavy atom. The summed E-state index contributed by atoms with van der Waals surface area (Å²) in [7, 11) is -1.00. The van der Waals surface area contributed by atoms with Crippen LogP contribution in [0.1, 0.15) is 46.0 Å². The summed E-state index contributed by atoms with van der Waals surface area (Å²) in [4.78, 5) is 6.42. The third-order valence-corrected chi connectivity index (χ3v) is 5.99. The first-order valence-electron chi connectivity index (χ1n) is 9.30. The van der Waals surface area contributed by atoms with Crippen LogP contribution < -0.4 is 10.6 Å². The smallest absolute Gasteiger partial charge is 0.191 e. The molecular weight excluding hydrogens is 324 g/mol. The zero-order valence-electron chi connectivity index (χ0n) is 15.7. The number of nitrogens with one attached hydrogen (secondary N) is 2. The molecule has 1 saturated heterocycles. The molecular formula is C17H36N4O2S. The van der Waals surface area contributed by atoms with E-state index in [0.717, 1.165) is 31.5 Å². The SMILES string of the molecule is CN=C(NCCCCCCC(C)C)NCCN1CCS(=O)(=O)CC1. The Bertz CT molecular complexity index is 449. The predicted molar refractivity (Wildman–Crippen MR) is 102 cm³/mol. The van der Waals surface area contributed by atoms with Crippen molar-refractivity contribution in [3.63, 3.8) is 0 Å². The Morgan fingerprint density at radius 1 is 1.04 bits per heavy atom. The van der Waals surface area contributed by atoms with Crippen molar-refractivity contribution in [3.8, 4) is 0 Å². The van der Waals surface area contributed by atoms with E-state index in [4.69, 9.17) is 0 Å². The van der Waals surface area contributed by atoms with E-state index in [-0.39, 0.29) is 11.5 Å². The van der Waals surface area contributed by atoms with Crippen molar-refractivity contribution in [2.75, 3.05) is 51.3 Å². The van der Waals surface area contributed by atoms with Gasteiger partial charge in [-0.25, -0.2) is 8.42 Å². The highest BCUT2D eigenvalue weighted by molar-refractivity contribution is 7.91. The van der Waals surface area contributed by atoms with Crippen molar-refractivity contribution in [1.82, 2.24) is 15.5 Å². The second kappa shape index (κ2) is 11.7. The van der Waals surface area contributed by atoms with Crippen LogP contribution >= 0.6 is 0 Å². The first-order chi connectivity index (χ1) is 11.4. The summed E-state index contributed by atoms with van der Waals surface area (Å²) in [6.07, 6.45) is 6.40. The second-order valence-electron chi connectivity index (χ2n) is 7.02. The molecule has 0 bridgehead atoms. The number of hydrogen-bond donors (Lipinski definition) is 2. The van der Waals surface area contributed by atoms with Crippen LogP contribution in [0.4, 0.5) is 0 Å². The number of rotatable bonds is 10. The molecule has 142 valence electrons. The molecule has 1 heterocycles. The van der Waals surface area contributed by atoms with Crippen LogP contribution in [0.2, 0.25) is 0 Å². The Labute approximate surface area is 148 Å². The summed E-state index contributed by atoms with van der Waals surface area (Å²) in [5, 5.41) is 6.65. The molecule has 1 aliphatic heterocycles. The molecule has 1 rings (SSSR count). The number of nitrogens with zero attached hydrogens (tertiary/aromatic N) is 2. The molecule has 6 nitrogen and oxygen atoms in total. The van der Waals surface area contributed by atoms with Crippen molar-refractivity contribution >= 4 is 15.8 Å². The quantitative estimate of drug-likeness (QED) is 0.351. The highest BCUT2D eigenvalue weighted by atomic mass is 32.2. The monoisotopic (exact) mass is 360 g/mol. The van der Waals surface area contributed by atoms with Crippen LogP contribution in [0.3, 0.4) is 0 Å². The standard InChI is InChI=1S/C17H36N4O2S/c1-16(2)8-6-4-5-7-9-19-17(18-3)20-10-11-21-12-14-24(22,23)15-13-21/h16H,4-15H2,1-3H3,(H2,18,19,20). The molecule has 0 aromatic carbocycles. The fourth-order valence-corrected chi connectivity index (χ4v) is 4.04. The average molecular weight is 361 g/mol. The van der Waals surface area contributed by atoms with Gasteiger partial charge in [-0.05, 0) is 12.3 Å². The topological polar surface area (TPSA) is 73.8 Å². The van der Waals surface area contributed by atoms with Gasteiger partial charge in [0.15, 0.2) is 15.8 Å². The number of guanidine groups is 1. The first kappa shape index (κ1) is 21.2. The van der Waals surface area contributed by atoms with Crippen LogP contribution in [-0.4, -0.2) is 70.6 Å². The summed E-state index contributed by atoms with van der Waals surface area (Å²) in [5.41, 5.74) is 0. The molecule has 0 amide bonds. The maximum Gasteiger partial charge on any atom is 0.191 e. The highest BCUT2D eigenvalue weighted by Crippen LogP contribution is 2.08. The van der Waals surface area contributed by atoms with Gasteiger partial charge in [-0.2, -0.15) is 0 Å². The lowest BCUT2D eigenvalue weighted by Gasteiger charge is -2.26. The Balaban J connectivity index is 2.03. The van der Waals surface area contributed by atoms with Gasteiger partial charge in [0.2, 0.25) is 0 Å². The molecule has 0 spiro atoms. The van der Waals surface area contributed by atoms with Gasteiger partial charge in [0, 0.05) is 39.8 Å². The summed E-state index contributed by atoms with van der Waals surface area (Å²) >= 11 is 0. The predicted octanol–water partition coefficient (Wildman–Crippen LogP) is 1.49. The van der Waals surface area contributed by atoms with E-state index < -0.39 is 9.84 Å². The van der Waals surface area contributed by atoms with Crippen molar-refractivity contribution < 1.29 is 8.42 Å².